The van der Waals surface area contributed by atoms with Crippen LogP contribution in [0.3, 0.4) is 0 Å². The van der Waals surface area contributed by atoms with Crippen LogP contribution in [0.1, 0.15) is 116 Å². The van der Waals surface area contributed by atoms with Crippen LogP contribution in [0.15, 0.2) is 127 Å². The van der Waals surface area contributed by atoms with Gasteiger partial charge in [-0.1, -0.05) is 170 Å². The largest absolute Gasteiger partial charge is 0.184 e. The van der Waals surface area contributed by atoms with Crippen molar-refractivity contribution in [1.29, 1.82) is 0 Å². The van der Waals surface area contributed by atoms with Gasteiger partial charge in [0.2, 0.25) is 0 Å². The molecule has 0 spiro atoms. The maximum Gasteiger partial charge on any atom is -0.171 e. The fourth-order valence-corrected chi connectivity index (χ4v) is 6.56. The molecule has 282 valence electrons. The predicted octanol–water partition coefficient (Wildman–Crippen LogP) is 14.9. The number of unbranched alkanes of at least 4 members (excludes halogenated alkanes) is 5. The van der Waals surface area contributed by atoms with E-state index in [-0.39, 0.29) is 10.8 Å². The molecule has 0 aliphatic heterocycles. The number of hydrogen-bond acceptors (Lipinski definition) is 0. The smallest absolute Gasteiger partial charge is 0.171 e. The molecule has 0 amide bonds. The van der Waals surface area contributed by atoms with Crippen LogP contribution in [0.25, 0.3) is 33.4 Å². The van der Waals surface area contributed by atoms with E-state index < -0.39 is 0 Å². The molecular weight excluding hydrogens is 728 g/mol. The molecule has 0 saturated carbocycles. The molecule has 2 aliphatic carbocycles. The molecule has 0 unspecified atom stereocenters. The Morgan fingerprint density at radius 3 is 1.70 bits per heavy atom. The quantitative estimate of drug-likeness (QED) is 0.112. The molecule has 7 rings (SSSR count). The van der Waals surface area contributed by atoms with Crippen LogP contribution in [0.2, 0.25) is 0 Å². The van der Waals surface area contributed by atoms with Crippen LogP contribution >= 0.6 is 0 Å². The first kappa shape index (κ1) is 44.7. The topological polar surface area (TPSA) is 0 Å². The summed E-state index contributed by atoms with van der Waals surface area (Å²) in [5.74, 6) is 0. The minimum Gasteiger partial charge on any atom is -0.184 e. The first-order chi connectivity index (χ1) is 26.0. The summed E-state index contributed by atoms with van der Waals surface area (Å²) >= 11 is 1.30. The molecule has 0 aromatic heterocycles. The Balaban J connectivity index is 0.000000302. The summed E-state index contributed by atoms with van der Waals surface area (Å²) in [6, 6.07) is 45.3. The molecule has 0 fully saturated rings. The number of hydrogen-bond donors (Lipinski definition) is 0. The van der Waals surface area contributed by atoms with E-state index >= 15 is 0 Å². The van der Waals surface area contributed by atoms with Crippen molar-refractivity contribution in [3.63, 3.8) is 0 Å². The Bertz CT molecular complexity index is 1700. The van der Waals surface area contributed by atoms with E-state index in [0.29, 0.717) is 0 Å². The van der Waals surface area contributed by atoms with Crippen molar-refractivity contribution in [2.45, 2.75) is 111 Å². The maximum absolute atomic E-state index is 3.88. The molecule has 5 aromatic rings. The number of allylic oxidation sites excluding steroid dienone is 4. The van der Waals surface area contributed by atoms with Gasteiger partial charge in [0.15, 0.2) is 0 Å². The van der Waals surface area contributed by atoms with Crippen LogP contribution in [0.5, 0.6) is 0 Å². The zero-order valence-corrected chi connectivity index (χ0v) is 36.7. The van der Waals surface area contributed by atoms with E-state index in [0.717, 1.165) is 19.3 Å². The van der Waals surface area contributed by atoms with Crippen molar-refractivity contribution >= 4 is 4.21 Å². The van der Waals surface area contributed by atoms with Gasteiger partial charge in [0.25, 0.3) is 0 Å². The fourth-order valence-electron chi connectivity index (χ4n) is 6.56. The Hall–Kier alpha value is -3.67. The van der Waals surface area contributed by atoms with Gasteiger partial charge < -0.3 is 6.92 Å². The molecule has 0 N–H and O–H groups in total. The predicted molar refractivity (Wildman–Crippen MR) is 234 cm³/mol. The second-order valence-electron chi connectivity index (χ2n) is 15.8. The molecule has 0 nitrogen and oxygen atoms in total. The van der Waals surface area contributed by atoms with Crippen molar-refractivity contribution in [3.8, 4) is 33.4 Å². The van der Waals surface area contributed by atoms with E-state index in [1.165, 1.54) is 112 Å². The van der Waals surface area contributed by atoms with Crippen LogP contribution < -0.4 is 0 Å². The van der Waals surface area contributed by atoms with Gasteiger partial charge in [-0.15, -0.1) is 35.2 Å². The summed E-state index contributed by atoms with van der Waals surface area (Å²) in [4.78, 5) is 0. The van der Waals surface area contributed by atoms with Gasteiger partial charge in [-0.2, -0.15) is 48.9 Å². The average Bonchev–Trinajstić information content (AvgIpc) is 3.90. The fraction of sp³-hybridized carbons (Fsp3) is 0.321. The SMILES string of the molecule is CC(C)(C)c1cc2c([c-]c1-c1ccccc1)Cc1cc(-c3ccccc3)c(C(C)(C)C)cc1-2.[C-]1=CC=CC1.[CH2-]CCCCCCC.[CH2]=[Zr].[c-]1ccccc1. The monoisotopic (exact) mass is 788 g/mol. The van der Waals surface area contributed by atoms with Crippen LogP contribution in [0, 0.1) is 25.1 Å². The molecule has 5 aromatic carbocycles. The Kier molecular flexibility index (Phi) is 19.3. The standard InChI is InChI=1S/C33H33.C8H17.C6H5.C5H5.CH2.Zr/c1-32(2,3)30-20-26-24(18-28(30)22-13-9-7-10-14-22)17-25-19-29(23-15-11-8-12-16-23)31(21-27(25)26)33(4,5)6;1-3-5-7-8-6-4-2;1-2-4-6-5-3-1;1-2-4-5-3-1;;/h7-16,18,20-21H,17H2,1-6H3;1,3-8H2,2H3;1-5H;1-3H,4H2;1H2;/q4*-1;;. The molecule has 0 heterocycles. The van der Waals surface area contributed by atoms with E-state index in [1.807, 2.05) is 42.5 Å². The van der Waals surface area contributed by atoms with Crippen LogP contribution in [-0.4, -0.2) is 4.21 Å². The van der Waals surface area contributed by atoms with Crippen molar-refractivity contribution in [2.24, 2.45) is 0 Å². The average molecular weight is 790 g/mol. The zero-order valence-electron chi connectivity index (χ0n) is 34.2. The van der Waals surface area contributed by atoms with E-state index in [9.17, 15) is 0 Å². The van der Waals surface area contributed by atoms with Crippen LogP contribution in [-0.2, 0) is 41.5 Å². The van der Waals surface area contributed by atoms with Gasteiger partial charge in [0, 0.05) is 0 Å². The first-order valence-electron chi connectivity index (χ1n) is 19.7. The second kappa shape index (κ2) is 23.3. The molecule has 2 aliphatic rings. The van der Waals surface area contributed by atoms with Gasteiger partial charge in [-0.3, -0.25) is 6.08 Å². The van der Waals surface area contributed by atoms with E-state index in [4.69, 9.17) is 0 Å². The normalized spacial score (nSPS) is 12.0. The van der Waals surface area contributed by atoms with Crippen molar-refractivity contribution in [3.05, 3.63) is 175 Å². The maximum atomic E-state index is 3.88. The minimum absolute atomic E-state index is 0.0380. The summed E-state index contributed by atoms with van der Waals surface area (Å²) in [7, 11) is 0. The third kappa shape index (κ3) is 13.9. The van der Waals surface area contributed by atoms with Gasteiger partial charge >= 0.3 is 28.4 Å². The summed E-state index contributed by atoms with van der Waals surface area (Å²) in [6.45, 7) is 19.9. The summed E-state index contributed by atoms with van der Waals surface area (Å²) in [5.41, 5.74) is 13.5. The van der Waals surface area contributed by atoms with Crippen molar-refractivity contribution in [1.82, 2.24) is 0 Å². The molecule has 0 radical (unpaired) electrons. The Morgan fingerprint density at radius 2 is 1.24 bits per heavy atom. The van der Waals surface area contributed by atoms with Gasteiger partial charge in [0.1, 0.15) is 0 Å². The van der Waals surface area contributed by atoms with Gasteiger partial charge in [0.05, 0.1) is 0 Å². The third-order valence-electron chi connectivity index (χ3n) is 9.37. The van der Waals surface area contributed by atoms with Crippen LogP contribution in [0.4, 0.5) is 0 Å². The number of fused-ring (bicyclic) bond motifs is 3. The van der Waals surface area contributed by atoms with Gasteiger partial charge in [-0.05, 0) is 39.5 Å². The zero-order chi connectivity index (χ0) is 39.4. The molecule has 1 heteroatoms. The molecular formula is C53H62Zr-4. The summed E-state index contributed by atoms with van der Waals surface area (Å²) in [5, 5.41) is 0. The third-order valence-corrected chi connectivity index (χ3v) is 9.37. The first-order valence-corrected chi connectivity index (χ1v) is 21.4. The van der Waals surface area contributed by atoms with E-state index in [2.05, 4.69) is 163 Å². The summed E-state index contributed by atoms with van der Waals surface area (Å²) < 4.78 is 3.34. The minimum atomic E-state index is 0.0380. The van der Waals surface area contributed by atoms with Crippen molar-refractivity contribution in [2.75, 3.05) is 0 Å². The van der Waals surface area contributed by atoms with Crippen molar-refractivity contribution < 1.29 is 24.2 Å². The second-order valence-corrected chi connectivity index (χ2v) is 15.8. The van der Waals surface area contributed by atoms with E-state index in [1.54, 1.807) is 0 Å². The number of rotatable bonds is 7. The van der Waals surface area contributed by atoms with Gasteiger partial charge in [-0.25, -0.2) is 12.2 Å². The Morgan fingerprint density at radius 1 is 0.667 bits per heavy atom. The molecule has 54 heavy (non-hydrogen) atoms. The number of benzene rings is 5. The summed E-state index contributed by atoms with van der Waals surface area (Å²) in [6.07, 6.45) is 18.9. The molecule has 0 bridgehead atoms. The Labute approximate surface area is 345 Å². The molecule has 0 saturated heterocycles. The molecule has 0 atom stereocenters.